The van der Waals surface area contributed by atoms with Gasteiger partial charge in [-0.1, -0.05) is 6.42 Å². The molecule has 4 rings (SSSR count). The quantitative estimate of drug-likeness (QED) is 0.381. The number of hydrogen-bond donors (Lipinski definition) is 0. The molecule has 0 spiro atoms. The van der Waals surface area contributed by atoms with E-state index < -0.39 is 16.0 Å². The molecule has 0 saturated carbocycles. The van der Waals surface area contributed by atoms with Crippen LogP contribution in [-0.4, -0.2) is 52.6 Å². The van der Waals surface area contributed by atoms with Crippen LogP contribution in [0.2, 0.25) is 0 Å². The lowest BCUT2D eigenvalue weighted by atomic mass is 10.2. The Bertz CT molecular complexity index is 1230. The molecule has 32 heavy (non-hydrogen) atoms. The maximum Gasteiger partial charge on any atom is 0.341 e. The van der Waals surface area contributed by atoms with Crippen molar-refractivity contribution in [2.24, 2.45) is 0 Å². The van der Waals surface area contributed by atoms with Crippen molar-refractivity contribution in [2.45, 2.75) is 49.3 Å². The van der Waals surface area contributed by atoms with Gasteiger partial charge in [-0.2, -0.15) is 4.31 Å². The number of esters is 1. The van der Waals surface area contributed by atoms with E-state index in [0.717, 1.165) is 24.8 Å². The highest BCUT2D eigenvalue weighted by atomic mass is 32.2. The van der Waals surface area contributed by atoms with Crippen molar-refractivity contribution in [3.05, 3.63) is 47.9 Å². The van der Waals surface area contributed by atoms with Gasteiger partial charge in [0, 0.05) is 25.8 Å². The Morgan fingerprint density at radius 3 is 2.69 bits per heavy atom. The van der Waals surface area contributed by atoms with Crippen LogP contribution >= 0.6 is 11.8 Å². The largest absolute Gasteiger partial charge is 0.454 e. The molecule has 0 aliphatic carbocycles. The fourth-order valence-electron chi connectivity index (χ4n) is 3.95. The number of sulfonamides is 1. The van der Waals surface area contributed by atoms with Crippen molar-refractivity contribution in [3.8, 4) is 0 Å². The van der Waals surface area contributed by atoms with E-state index in [0.29, 0.717) is 41.6 Å². The van der Waals surface area contributed by atoms with Crippen molar-refractivity contribution < 1.29 is 17.9 Å². The summed E-state index contributed by atoms with van der Waals surface area (Å²) in [5, 5.41) is 0.606. The van der Waals surface area contributed by atoms with E-state index in [1.807, 2.05) is 17.7 Å². The van der Waals surface area contributed by atoms with Crippen molar-refractivity contribution >= 4 is 38.8 Å². The minimum absolute atomic E-state index is 0.0156. The van der Waals surface area contributed by atoms with Gasteiger partial charge in [0.25, 0.3) is 0 Å². The molecular formula is C22H26N4O4S2. The van der Waals surface area contributed by atoms with Gasteiger partial charge in [0.15, 0.2) is 0 Å². The predicted molar refractivity (Wildman–Crippen MR) is 123 cm³/mol. The maximum absolute atomic E-state index is 13.0. The molecule has 0 amide bonds. The van der Waals surface area contributed by atoms with Gasteiger partial charge >= 0.3 is 5.97 Å². The molecular weight excluding hydrogens is 448 g/mol. The van der Waals surface area contributed by atoms with Crippen LogP contribution in [0.5, 0.6) is 0 Å². The number of carbonyl (C=O) groups excluding carboxylic acids is 1. The average molecular weight is 475 g/mol. The first-order valence-electron chi connectivity index (χ1n) is 10.6. The molecule has 8 nitrogen and oxygen atoms in total. The van der Waals surface area contributed by atoms with Crippen molar-refractivity contribution in [1.82, 2.24) is 18.8 Å². The number of benzene rings is 1. The molecule has 0 atom stereocenters. The summed E-state index contributed by atoms with van der Waals surface area (Å²) in [4.78, 5) is 21.6. The van der Waals surface area contributed by atoms with E-state index >= 15 is 0 Å². The van der Waals surface area contributed by atoms with Crippen molar-refractivity contribution in [1.29, 1.82) is 0 Å². The normalized spacial score (nSPS) is 15.2. The molecule has 1 saturated heterocycles. The third-order valence-corrected chi connectivity index (χ3v) is 8.19. The van der Waals surface area contributed by atoms with Gasteiger partial charge in [-0.05, 0) is 56.4 Å². The molecule has 170 valence electrons. The molecule has 0 N–H and O–H groups in total. The molecule has 3 heterocycles. The molecule has 10 heteroatoms. The Hall–Kier alpha value is -2.43. The number of rotatable bonds is 7. The lowest BCUT2D eigenvalue weighted by Crippen LogP contribution is -2.35. The summed E-state index contributed by atoms with van der Waals surface area (Å²) >= 11 is 1.38. The molecule has 2 aromatic heterocycles. The molecule has 0 bridgehead atoms. The minimum Gasteiger partial charge on any atom is -0.454 e. The third-order valence-electron chi connectivity index (χ3n) is 5.58. The van der Waals surface area contributed by atoms with Crippen LogP contribution in [0.15, 0.2) is 46.5 Å². The summed E-state index contributed by atoms with van der Waals surface area (Å²) in [6, 6.07) is 8.41. The molecule has 1 aliphatic rings. The summed E-state index contributed by atoms with van der Waals surface area (Å²) in [7, 11) is -3.54. The molecule has 3 aromatic rings. The lowest BCUT2D eigenvalue weighted by Gasteiger charge is -2.25. The Kier molecular flexibility index (Phi) is 6.82. The highest BCUT2D eigenvalue weighted by Crippen LogP contribution is 2.25. The first-order chi connectivity index (χ1) is 15.5. The minimum atomic E-state index is -3.54. The molecule has 1 aromatic carbocycles. The number of carbonyl (C=O) groups is 1. The summed E-state index contributed by atoms with van der Waals surface area (Å²) in [6.07, 6.45) is 6.32. The first-order valence-corrected chi connectivity index (χ1v) is 13.3. The SMILES string of the molecule is CCn1c(COC(=O)c2cccnc2SC)nc2cc(S(=O)(=O)N3CCCCC3)ccc21. The van der Waals surface area contributed by atoms with Crippen molar-refractivity contribution in [2.75, 3.05) is 19.3 Å². The first kappa shape index (κ1) is 22.8. The number of imidazole rings is 1. The number of ether oxygens (including phenoxy) is 1. The van der Waals surface area contributed by atoms with Gasteiger partial charge in [0.1, 0.15) is 17.5 Å². The summed E-state index contributed by atoms with van der Waals surface area (Å²) in [5.41, 5.74) is 1.79. The number of pyridine rings is 1. The maximum atomic E-state index is 13.0. The number of hydrogen-bond acceptors (Lipinski definition) is 7. The Morgan fingerprint density at radius 1 is 1.19 bits per heavy atom. The third kappa shape index (κ3) is 4.39. The fourth-order valence-corrected chi connectivity index (χ4v) is 6.03. The number of aromatic nitrogens is 3. The van der Waals surface area contributed by atoms with Crippen LogP contribution in [0.3, 0.4) is 0 Å². The number of piperidine rings is 1. The van der Waals surface area contributed by atoms with Crippen molar-refractivity contribution in [3.63, 3.8) is 0 Å². The number of fused-ring (bicyclic) bond motifs is 1. The summed E-state index contributed by atoms with van der Waals surface area (Å²) < 4.78 is 35.1. The second-order valence-corrected chi connectivity index (χ2v) is 10.3. The lowest BCUT2D eigenvalue weighted by molar-refractivity contribution is 0.0453. The van der Waals surface area contributed by atoms with E-state index in [-0.39, 0.29) is 11.5 Å². The zero-order chi connectivity index (χ0) is 22.7. The fraction of sp³-hybridized carbons (Fsp3) is 0.409. The standard InChI is InChI=1S/C22H26N4O4S2/c1-3-26-19-10-9-16(32(28,29)25-12-5-4-6-13-25)14-18(19)24-20(26)15-30-22(27)17-8-7-11-23-21(17)31-2/h7-11,14H,3-6,12-13,15H2,1-2H3. The van der Waals surface area contributed by atoms with E-state index in [1.165, 1.54) is 11.8 Å². The number of aryl methyl sites for hydroxylation is 1. The monoisotopic (exact) mass is 474 g/mol. The van der Waals surface area contributed by atoms with Crippen LogP contribution in [0.25, 0.3) is 11.0 Å². The smallest absolute Gasteiger partial charge is 0.341 e. The van der Waals surface area contributed by atoms with Gasteiger partial charge < -0.3 is 9.30 Å². The van der Waals surface area contributed by atoms with Crippen LogP contribution in [0.4, 0.5) is 0 Å². The van der Waals surface area contributed by atoms with E-state index in [2.05, 4.69) is 9.97 Å². The highest BCUT2D eigenvalue weighted by molar-refractivity contribution is 7.98. The van der Waals surface area contributed by atoms with E-state index in [9.17, 15) is 13.2 Å². The van der Waals surface area contributed by atoms with Gasteiger partial charge in [0.05, 0.1) is 21.5 Å². The average Bonchev–Trinajstić information content (AvgIpc) is 3.19. The van der Waals surface area contributed by atoms with E-state index in [4.69, 9.17) is 4.74 Å². The van der Waals surface area contributed by atoms with Crippen LogP contribution in [0.1, 0.15) is 42.4 Å². The predicted octanol–water partition coefficient (Wildman–Crippen LogP) is 3.70. The van der Waals surface area contributed by atoms with Gasteiger partial charge in [-0.15, -0.1) is 11.8 Å². The van der Waals surface area contributed by atoms with Crippen LogP contribution in [0, 0.1) is 0 Å². The molecule has 0 radical (unpaired) electrons. The zero-order valence-electron chi connectivity index (χ0n) is 18.2. The summed E-state index contributed by atoms with van der Waals surface area (Å²) in [6.45, 7) is 3.68. The van der Waals surface area contributed by atoms with Gasteiger partial charge in [-0.3, -0.25) is 0 Å². The van der Waals surface area contributed by atoms with Gasteiger partial charge in [0.2, 0.25) is 10.0 Å². The number of thioether (sulfide) groups is 1. The molecule has 1 aliphatic heterocycles. The summed E-state index contributed by atoms with van der Waals surface area (Å²) in [5.74, 6) is 0.100. The second-order valence-electron chi connectivity index (χ2n) is 7.52. The second kappa shape index (κ2) is 9.60. The topological polar surface area (TPSA) is 94.4 Å². The molecule has 1 fully saturated rings. The Balaban J connectivity index is 1.59. The van der Waals surface area contributed by atoms with Crippen LogP contribution in [-0.2, 0) is 27.9 Å². The van der Waals surface area contributed by atoms with E-state index in [1.54, 1.807) is 40.8 Å². The Labute approximate surface area is 192 Å². The molecule has 0 unspecified atom stereocenters. The zero-order valence-corrected chi connectivity index (χ0v) is 19.8. The highest BCUT2D eigenvalue weighted by Gasteiger charge is 2.27. The number of nitrogens with zero attached hydrogens (tertiary/aromatic N) is 4. The van der Waals surface area contributed by atoms with Crippen LogP contribution < -0.4 is 0 Å². The van der Waals surface area contributed by atoms with Gasteiger partial charge in [-0.25, -0.2) is 23.2 Å². The Morgan fingerprint density at radius 2 is 1.97 bits per heavy atom.